The van der Waals surface area contributed by atoms with E-state index < -0.39 is 10.0 Å². The predicted octanol–water partition coefficient (Wildman–Crippen LogP) is 1.96. The van der Waals surface area contributed by atoms with Crippen LogP contribution in [0.3, 0.4) is 0 Å². The molecule has 7 heteroatoms. The predicted molar refractivity (Wildman–Crippen MR) is 80.6 cm³/mol. The van der Waals surface area contributed by atoms with Gasteiger partial charge in [-0.25, -0.2) is 8.42 Å². The summed E-state index contributed by atoms with van der Waals surface area (Å²) in [6.45, 7) is 6.34. The van der Waals surface area contributed by atoms with Crippen molar-refractivity contribution in [3.8, 4) is 0 Å². The largest absolute Gasteiger partial charge is 0.323 e. The standard InChI is InChI=1S/C13H24N4O2S/c1-4-5-6-9-17(11(2)3)20(18,19)13-10-15-8-7-12(13)16-14/h7-8,10-11H,4-6,9,14H2,1-3H3,(H,15,16). The quantitative estimate of drug-likeness (QED) is 0.435. The van der Waals surface area contributed by atoms with Crippen molar-refractivity contribution < 1.29 is 8.42 Å². The van der Waals surface area contributed by atoms with Gasteiger partial charge in [0.25, 0.3) is 0 Å². The van der Waals surface area contributed by atoms with Gasteiger partial charge in [0.15, 0.2) is 0 Å². The zero-order chi connectivity index (χ0) is 15.2. The molecule has 1 aromatic rings. The molecule has 1 aromatic heterocycles. The number of nitrogens with one attached hydrogen (secondary N) is 1. The number of hydrazine groups is 1. The molecule has 0 fully saturated rings. The molecule has 0 spiro atoms. The van der Waals surface area contributed by atoms with Crippen LogP contribution in [0.5, 0.6) is 0 Å². The minimum absolute atomic E-state index is 0.109. The van der Waals surface area contributed by atoms with Crippen LogP contribution in [0.2, 0.25) is 0 Å². The van der Waals surface area contributed by atoms with Gasteiger partial charge in [-0.2, -0.15) is 4.31 Å². The minimum atomic E-state index is -3.60. The summed E-state index contributed by atoms with van der Waals surface area (Å²) in [5, 5.41) is 0. The van der Waals surface area contributed by atoms with Gasteiger partial charge < -0.3 is 5.43 Å². The fourth-order valence-corrected chi connectivity index (χ4v) is 3.78. The molecule has 0 bridgehead atoms. The van der Waals surface area contributed by atoms with E-state index in [0.29, 0.717) is 12.2 Å². The first-order valence-corrected chi connectivity index (χ1v) is 8.31. The second-order valence-corrected chi connectivity index (χ2v) is 6.79. The fourth-order valence-electron chi connectivity index (χ4n) is 2.00. The van der Waals surface area contributed by atoms with Gasteiger partial charge in [0.05, 0.1) is 5.69 Å². The zero-order valence-corrected chi connectivity index (χ0v) is 13.2. The molecule has 0 saturated heterocycles. The maximum atomic E-state index is 12.7. The van der Waals surface area contributed by atoms with Crippen LogP contribution in [0.1, 0.15) is 40.0 Å². The third-order valence-corrected chi connectivity index (χ3v) is 5.19. The van der Waals surface area contributed by atoms with Crippen LogP contribution in [0.25, 0.3) is 0 Å². The van der Waals surface area contributed by atoms with Gasteiger partial charge in [-0.1, -0.05) is 19.8 Å². The van der Waals surface area contributed by atoms with E-state index in [1.807, 2.05) is 13.8 Å². The van der Waals surface area contributed by atoms with Gasteiger partial charge in [0, 0.05) is 25.0 Å². The fraction of sp³-hybridized carbons (Fsp3) is 0.615. The van der Waals surface area contributed by atoms with Crippen molar-refractivity contribution in [2.24, 2.45) is 5.84 Å². The van der Waals surface area contributed by atoms with Gasteiger partial charge in [0.2, 0.25) is 10.0 Å². The lowest BCUT2D eigenvalue weighted by molar-refractivity contribution is 0.345. The summed E-state index contributed by atoms with van der Waals surface area (Å²) in [6, 6.07) is 1.44. The van der Waals surface area contributed by atoms with E-state index >= 15 is 0 Å². The van der Waals surface area contributed by atoms with Crippen LogP contribution in [-0.4, -0.2) is 30.3 Å². The van der Waals surface area contributed by atoms with E-state index in [2.05, 4.69) is 17.3 Å². The highest BCUT2D eigenvalue weighted by molar-refractivity contribution is 7.89. The Labute approximate surface area is 121 Å². The summed E-state index contributed by atoms with van der Waals surface area (Å²) >= 11 is 0. The first-order chi connectivity index (χ1) is 9.45. The summed E-state index contributed by atoms with van der Waals surface area (Å²) in [7, 11) is -3.60. The molecule has 0 aliphatic heterocycles. The van der Waals surface area contributed by atoms with Crippen LogP contribution < -0.4 is 11.3 Å². The van der Waals surface area contributed by atoms with Crippen molar-refractivity contribution in [1.82, 2.24) is 9.29 Å². The van der Waals surface area contributed by atoms with E-state index in [1.165, 1.54) is 16.7 Å². The molecule has 0 atom stereocenters. The highest BCUT2D eigenvalue weighted by atomic mass is 32.2. The number of nitrogen functional groups attached to an aromatic ring is 1. The Morgan fingerprint density at radius 2 is 2.10 bits per heavy atom. The van der Waals surface area contributed by atoms with Gasteiger partial charge in [0.1, 0.15) is 4.90 Å². The Morgan fingerprint density at radius 3 is 2.65 bits per heavy atom. The summed E-state index contributed by atoms with van der Waals surface area (Å²) in [4.78, 5) is 4.01. The molecule has 0 aliphatic rings. The molecule has 3 N–H and O–H groups in total. The monoisotopic (exact) mass is 300 g/mol. The average molecular weight is 300 g/mol. The normalized spacial score (nSPS) is 12.1. The van der Waals surface area contributed by atoms with Crippen LogP contribution in [0, 0.1) is 0 Å². The Bertz CT molecular complexity index is 517. The Hall–Kier alpha value is -1.18. The third kappa shape index (κ3) is 3.91. The van der Waals surface area contributed by atoms with Crippen molar-refractivity contribution in [1.29, 1.82) is 0 Å². The second-order valence-electron chi connectivity index (χ2n) is 4.93. The van der Waals surface area contributed by atoms with E-state index in [1.54, 1.807) is 6.07 Å². The molecule has 0 aliphatic carbocycles. The molecule has 1 rings (SSSR count). The molecular formula is C13H24N4O2S. The van der Waals surface area contributed by atoms with Gasteiger partial charge in [-0.3, -0.25) is 10.8 Å². The number of anilines is 1. The zero-order valence-electron chi connectivity index (χ0n) is 12.3. The minimum Gasteiger partial charge on any atom is -0.323 e. The topological polar surface area (TPSA) is 88.3 Å². The third-order valence-electron chi connectivity index (χ3n) is 3.08. The highest BCUT2D eigenvalue weighted by Crippen LogP contribution is 2.24. The van der Waals surface area contributed by atoms with E-state index in [9.17, 15) is 8.42 Å². The molecule has 0 aromatic carbocycles. The van der Waals surface area contributed by atoms with Crippen molar-refractivity contribution in [3.05, 3.63) is 18.5 Å². The van der Waals surface area contributed by atoms with Gasteiger partial charge in [-0.05, 0) is 26.3 Å². The lowest BCUT2D eigenvalue weighted by Crippen LogP contribution is -2.38. The molecule has 0 unspecified atom stereocenters. The number of hydrogen-bond donors (Lipinski definition) is 2. The average Bonchev–Trinajstić information content (AvgIpc) is 2.42. The summed E-state index contributed by atoms with van der Waals surface area (Å²) in [6.07, 6.45) is 5.74. The Kier molecular flexibility index (Phi) is 6.38. The number of hydrogen-bond acceptors (Lipinski definition) is 5. The molecule has 0 radical (unpaired) electrons. The van der Waals surface area contributed by atoms with Crippen LogP contribution in [0.15, 0.2) is 23.4 Å². The summed E-state index contributed by atoms with van der Waals surface area (Å²) in [5.74, 6) is 5.38. The number of sulfonamides is 1. The number of pyridine rings is 1. The molecule has 6 nitrogen and oxygen atoms in total. The number of nitrogens with two attached hydrogens (primary N) is 1. The first kappa shape index (κ1) is 16.9. The van der Waals surface area contributed by atoms with E-state index in [4.69, 9.17) is 5.84 Å². The number of rotatable bonds is 8. The number of aromatic nitrogens is 1. The lowest BCUT2D eigenvalue weighted by Gasteiger charge is -2.26. The molecule has 20 heavy (non-hydrogen) atoms. The van der Waals surface area contributed by atoms with E-state index in [0.717, 1.165) is 19.3 Å². The van der Waals surface area contributed by atoms with Crippen LogP contribution in [0.4, 0.5) is 5.69 Å². The number of nitrogens with zero attached hydrogens (tertiary/aromatic N) is 2. The lowest BCUT2D eigenvalue weighted by atomic mass is 10.2. The van der Waals surface area contributed by atoms with E-state index in [-0.39, 0.29) is 10.9 Å². The highest BCUT2D eigenvalue weighted by Gasteiger charge is 2.28. The molecular weight excluding hydrogens is 276 g/mol. The van der Waals surface area contributed by atoms with Crippen LogP contribution in [-0.2, 0) is 10.0 Å². The number of unbranched alkanes of at least 4 members (excludes halogenated alkanes) is 2. The van der Waals surface area contributed by atoms with Crippen molar-refractivity contribution >= 4 is 15.7 Å². The SMILES string of the molecule is CCCCCN(C(C)C)S(=O)(=O)c1cnccc1NN. The summed E-state index contributed by atoms with van der Waals surface area (Å²) < 4.78 is 27.0. The van der Waals surface area contributed by atoms with Gasteiger partial charge in [-0.15, -0.1) is 0 Å². The molecule has 0 amide bonds. The Balaban J connectivity index is 3.09. The Morgan fingerprint density at radius 1 is 1.40 bits per heavy atom. The first-order valence-electron chi connectivity index (χ1n) is 6.87. The smallest absolute Gasteiger partial charge is 0.246 e. The van der Waals surface area contributed by atoms with Crippen LogP contribution >= 0.6 is 0 Å². The molecule has 1 heterocycles. The van der Waals surface area contributed by atoms with Crippen molar-refractivity contribution in [3.63, 3.8) is 0 Å². The molecule has 0 saturated carbocycles. The summed E-state index contributed by atoms with van der Waals surface area (Å²) in [5.41, 5.74) is 2.78. The maximum Gasteiger partial charge on any atom is 0.246 e. The van der Waals surface area contributed by atoms with Gasteiger partial charge >= 0.3 is 0 Å². The van der Waals surface area contributed by atoms with Crippen molar-refractivity contribution in [2.75, 3.05) is 12.0 Å². The molecule has 114 valence electrons. The second kappa shape index (κ2) is 7.56. The van der Waals surface area contributed by atoms with Crippen molar-refractivity contribution in [2.45, 2.75) is 51.0 Å². The maximum absolute atomic E-state index is 12.7.